The summed E-state index contributed by atoms with van der Waals surface area (Å²) in [6, 6.07) is 11.2. The second-order valence-corrected chi connectivity index (χ2v) is 8.00. The minimum absolute atomic E-state index is 0.0999. The molecule has 0 saturated heterocycles. The van der Waals surface area contributed by atoms with Crippen LogP contribution in [0.5, 0.6) is 0 Å². The third kappa shape index (κ3) is 4.06. The number of carbonyl (C=O) groups is 2. The number of aromatic nitrogens is 1. The molecule has 1 atom stereocenters. The molecule has 1 aromatic carbocycles. The number of nitrogens with one attached hydrogen (secondary N) is 3. The molecule has 1 fully saturated rings. The Kier molecular flexibility index (Phi) is 5.25. The second-order valence-electron chi connectivity index (χ2n) is 7.06. The van der Waals surface area contributed by atoms with Gasteiger partial charge in [0, 0.05) is 29.6 Å². The van der Waals surface area contributed by atoms with Gasteiger partial charge in [-0.05, 0) is 35.9 Å². The molecule has 3 N–H and O–H groups in total. The van der Waals surface area contributed by atoms with Crippen molar-refractivity contribution >= 4 is 34.1 Å². The van der Waals surface area contributed by atoms with E-state index >= 15 is 0 Å². The quantitative estimate of drug-likeness (QED) is 0.610. The first kappa shape index (κ1) is 17.8. The number of rotatable bonds is 6. The highest BCUT2D eigenvalue weighted by Crippen LogP contribution is 2.21. The molecular formula is C21H23N3O2S. The summed E-state index contributed by atoms with van der Waals surface area (Å²) in [5.74, 6) is -0.298. The molecule has 5 nitrogen and oxygen atoms in total. The van der Waals surface area contributed by atoms with Gasteiger partial charge in [-0.25, -0.2) is 0 Å². The normalized spacial score (nSPS) is 15.7. The van der Waals surface area contributed by atoms with Crippen LogP contribution in [0.25, 0.3) is 10.9 Å². The van der Waals surface area contributed by atoms with Crippen LogP contribution < -0.4 is 10.6 Å². The molecule has 2 heterocycles. The molecule has 2 amide bonds. The van der Waals surface area contributed by atoms with E-state index in [1.54, 1.807) is 6.07 Å². The molecule has 140 valence electrons. The van der Waals surface area contributed by atoms with Gasteiger partial charge in [0.1, 0.15) is 6.04 Å². The van der Waals surface area contributed by atoms with Gasteiger partial charge >= 0.3 is 0 Å². The van der Waals surface area contributed by atoms with Crippen LogP contribution in [-0.2, 0) is 11.2 Å². The molecule has 0 aliphatic heterocycles. The minimum Gasteiger partial charge on any atom is -0.361 e. The van der Waals surface area contributed by atoms with Crippen molar-refractivity contribution in [3.8, 4) is 0 Å². The van der Waals surface area contributed by atoms with Crippen molar-refractivity contribution in [3.05, 3.63) is 58.4 Å². The van der Waals surface area contributed by atoms with E-state index in [0.29, 0.717) is 11.3 Å². The number of H-pyrrole nitrogens is 1. The van der Waals surface area contributed by atoms with Crippen LogP contribution in [0.1, 0.15) is 40.9 Å². The number of fused-ring (bicyclic) bond motifs is 1. The highest BCUT2D eigenvalue weighted by Gasteiger charge is 2.26. The highest BCUT2D eigenvalue weighted by molar-refractivity contribution is 7.12. The fraction of sp³-hybridized carbons (Fsp3) is 0.333. The van der Waals surface area contributed by atoms with Gasteiger partial charge in [-0.2, -0.15) is 0 Å². The molecular weight excluding hydrogens is 358 g/mol. The summed E-state index contributed by atoms with van der Waals surface area (Å²) < 4.78 is 0. The maximum atomic E-state index is 12.9. The topological polar surface area (TPSA) is 74.0 Å². The highest BCUT2D eigenvalue weighted by atomic mass is 32.1. The minimum atomic E-state index is -0.598. The average molecular weight is 382 g/mol. The number of aromatic amines is 1. The van der Waals surface area contributed by atoms with Crippen LogP contribution in [0.3, 0.4) is 0 Å². The summed E-state index contributed by atoms with van der Waals surface area (Å²) in [5, 5.41) is 9.02. The first-order chi connectivity index (χ1) is 13.2. The molecule has 1 aliphatic rings. The van der Waals surface area contributed by atoms with Crippen LogP contribution in [0.4, 0.5) is 0 Å². The Labute approximate surface area is 162 Å². The van der Waals surface area contributed by atoms with Crippen molar-refractivity contribution in [1.82, 2.24) is 15.6 Å². The maximum absolute atomic E-state index is 12.9. The molecule has 6 heteroatoms. The largest absolute Gasteiger partial charge is 0.361 e. The number of hydrogen-bond donors (Lipinski definition) is 3. The van der Waals surface area contributed by atoms with Crippen LogP contribution in [0.15, 0.2) is 48.0 Å². The van der Waals surface area contributed by atoms with Gasteiger partial charge in [0.25, 0.3) is 5.91 Å². The predicted octanol–water partition coefficient (Wildman–Crippen LogP) is 3.63. The van der Waals surface area contributed by atoms with E-state index in [0.717, 1.165) is 42.1 Å². The van der Waals surface area contributed by atoms with Crippen LogP contribution >= 0.6 is 11.3 Å². The smallest absolute Gasteiger partial charge is 0.262 e. The second kappa shape index (κ2) is 7.96. The Morgan fingerprint density at radius 2 is 1.96 bits per heavy atom. The summed E-state index contributed by atoms with van der Waals surface area (Å²) in [7, 11) is 0. The first-order valence-corrected chi connectivity index (χ1v) is 10.3. The zero-order chi connectivity index (χ0) is 18.6. The van der Waals surface area contributed by atoms with Crippen molar-refractivity contribution in [2.24, 2.45) is 0 Å². The lowest BCUT2D eigenvalue weighted by atomic mass is 10.0. The summed E-state index contributed by atoms with van der Waals surface area (Å²) >= 11 is 1.38. The van der Waals surface area contributed by atoms with Gasteiger partial charge in [0.15, 0.2) is 0 Å². The van der Waals surface area contributed by atoms with Gasteiger partial charge in [0.05, 0.1) is 4.88 Å². The summed E-state index contributed by atoms with van der Waals surface area (Å²) in [6.45, 7) is 0. The molecule has 0 radical (unpaired) electrons. The van der Waals surface area contributed by atoms with Gasteiger partial charge in [-0.3, -0.25) is 9.59 Å². The summed E-state index contributed by atoms with van der Waals surface area (Å²) in [4.78, 5) is 29.4. The maximum Gasteiger partial charge on any atom is 0.262 e. The van der Waals surface area contributed by atoms with E-state index in [-0.39, 0.29) is 17.9 Å². The molecule has 4 rings (SSSR count). The Morgan fingerprint density at radius 1 is 1.15 bits per heavy atom. The molecule has 0 bridgehead atoms. The standard InChI is InChI=1S/C21H23N3O2S/c25-20(23-15-6-1-2-7-15)18(24-21(26)19-10-5-11-27-19)12-14-13-22-17-9-4-3-8-16(14)17/h3-5,8-11,13,15,18,22H,1-2,6-7,12H2,(H,23,25)(H,24,26)/t18-/m0/s1. The molecule has 1 aliphatic carbocycles. The third-order valence-corrected chi connectivity index (χ3v) is 6.04. The summed E-state index contributed by atoms with van der Waals surface area (Å²) in [6.07, 6.45) is 6.73. The van der Waals surface area contributed by atoms with E-state index < -0.39 is 6.04 Å². The predicted molar refractivity (Wildman–Crippen MR) is 108 cm³/mol. The fourth-order valence-corrected chi connectivity index (χ4v) is 4.37. The van der Waals surface area contributed by atoms with Crippen LogP contribution in [0.2, 0.25) is 0 Å². The molecule has 0 unspecified atom stereocenters. The molecule has 2 aromatic heterocycles. The lowest BCUT2D eigenvalue weighted by Gasteiger charge is -2.21. The van der Waals surface area contributed by atoms with E-state index in [1.165, 1.54) is 11.3 Å². The van der Waals surface area contributed by atoms with Crippen molar-refractivity contribution in [2.45, 2.75) is 44.2 Å². The third-order valence-electron chi connectivity index (χ3n) is 5.17. The number of benzene rings is 1. The Balaban J connectivity index is 1.54. The van der Waals surface area contributed by atoms with E-state index in [9.17, 15) is 9.59 Å². The number of hydrogen-bond acceptors (Lipinski definition) is 3. The van der Waals surface area contributed by atoms with Crippen molar-refractivity contribution in [2.75, 3.05) is 0 Å². The number of carbonyl (C=O) groups excluding carboxylic acids is 2. The van der Waals surface area contributed by atoms with Gasteiger partial charge < -0.3 is 15.6 Å². The van der Waals surface area contributed by atoms with Gasteiger partial charge in [-0.1, -0.05) is 37.1 Å². The molecule has 27 heavy (non-hydrogen) atoms. The molecule has 0 spiro atoms. The first-order valence-electron chi connectivity index (χ1n) is 9.40. The van der Waals surface area contributed by atoms with Crippen molar-refractivity contribution < 1.29 is 9.59 Å². The summed E-state index contributed by atoms with van der Waals surface area (Å²) in [5.41, 5.74) is 2.07. The monoisotopic (exact) mass is 381 g/mol. The number of thiophene rings is 1. The lowest BCUT2D eigenvalue weighted by molar-refractivity contribution is -0.123. The van der Waals surface area contributed by atoms with E-state index in [1.807, 2.05) is 41.9 Å². The van der Waals surface area contributed by atoms with E-state index in [2.05, 4.69) is 15.6 Å². The SMILES string of the molecule is O=C(N[C@@H](Cc1c[nH]c2ccccc12)C(=O)NC1CCCC1)c1cccs1. The van der Waals surface area contributed by atoms with Crippen molar-refractivity contribution in [1.29, 1.82) is 0 Å². The molecule has 1 saturated carbocycles. The van der Waals surface area contributed by atoms with E-state index in [4.69, 9.17) is 0 Å². The number of amides is 2. The average Bonchev–Trinajstić information content (AvgIpc) is 3.43. The Morgan fingerprint density at radius 3 is 2.74 bits per heavy atom. The van der Waals surface area contributed by atoms with Gasteiger partial charge in [-0.15, -0.1) is 11.3 Å². The van der Waals surface area contributed by atoms with Crippen LogP contribution in [-0.4, -0.2) is 28.9 Å². The molecule has 3 aromatic rings. The Hall–Kier alpha value is -2.60. The zero-order valence-corrected chi connectivity index (χ0v) is 15.9. The van der Waals surface area contributed by atoms with Gasteiger partial charge in [0.2, 0.25) is 5.91 Å². The lowest BCUT2D eigenvalue weighted by Crippen LogP contribution is -2.50. The van der Waals surface area contributed by atoms with Crippen molar-refractivity contribution in [3.63, 3.8) is 0 Å². The Bertz CT molecular complexity index is 926. The zero-order valence-electron chi connectivity index (χ0n) is 15.0. The fourth-order valence-electron chi connectivity index (χ4n) is 3.74. The van der Waals surface area contributed by atoms with Crippen LogP contribution in [0, 0.1) is 0 Å². The number of para-hydroxylation sites is 1.